The van der Waals surface area contributed by atoms with Crippen LogP contribution in [0.4, 0.5) is 0 Å². The second kappa shape index (κ2) is 6.57. The fourth-order valence-electron chi connectivity index (χ4n) is 2.28. The van der Waals surface area contributed by atoms with Crippen LogP contribution in [0.15, 0.2) is 35.4 Å². The Morgan fingerprint density at radius 1 is 1.21 bits per heavy atom. The maximum Gasteiger partial charge on any atom is 0.244 e. The molecule has 0 spiro atoms. The summed E-state index contributed by atoms with van der Waals surface area (Å²) in [5, 5.41) is 4.49. The number of rotatable bonds is 5. The summed E-state index contributed by atoms with van der Waals surface area (Å²) in [6.07, 6.45) is 1.88. The zero-order valence-corrected chi connectivity index (χ0v) is 15.8. The van der Waals surface area contributed by atoms with Gasteiger partial charge in [-0.25, -0.2) is 13.1 Å². The highest BCUT2D eigenvalue weighted by Gasteiger charge is 2.26. The van der Waals surface area contributed by atoms with Gasteiger partial charge in [-0.1, -0.05) is 0 Å². The van der Waals surface area contributed by atoms with Gasteiger partial charge in [-0.3, -0.25) is 4.68 Å². The van der Waals surface area contributed by atoms with Crippen LogP contribution in [0.3, 0.4) is 0 Å². The van der Waals surface area contributed by atoms with Crippen LogP contribution in [0, 0.1) is 0 Å². The summed E-state index contributed by atoms with van der Waals surface area (Å²) >= 11 is 0. The van der Waals surface area contributed by atoms with E-state index >= 15 is 0 Å². The van der Waals surface area contributed by atoms with Crippen LogP contribution in [0.25, 0.3) is 11.3 Å². The number of hydrogen-bond donors (Lipinski definition) is 1. The maximum absolute atomic E-state index is 12.7. The molecule has 0 amide bonds. The molecule has 7 heteroatoms. The van der Waals surface area contributed by atoms with Gasteiger partial charge in [0.15, 0.2) is 0 Å². The second-order valence-corrected chi connectivity index (χ2v) is 8.65. The van der Waals surface area contributed by atoms with Crippen molar-refractivity contribution in [1.29, 1.82) is 0 Å². The number of nitrogens with one attached hydrogen (secondary N) is 1. The van der Waals surface area contributed by atoms with Gasteiger partial charge in [0.25, 0.3) is 0 Å². The molecule has 1 aromatic carbocycles. The van der Waals surface area contributed by atoms with Crippen molar-refractivity contribution in [2.45, 2.75) is 51.1 Å². The third kappa shape index (κ3) is 4.15. The summed E-state index contributed by atoms with van der Waals surface area (Å²) in [5.74, 6) is 0.304. The lowest BCUT2D eigenvalue weighted by atomic mass is 10.1. The zero-order valence-electron chi connectivity index (χ0n) is 15.0. The van der Waals surface area contributed by atoms with E-state index in [0.717, 1.165) is 11.3 Å². The summed E-state index contributed by atoms with van der Waals surface area (Å²) in [4.78, 5) is 0.108. The molecule has 0 fully saturated rings. The molecule has 0 bridgehead atoms. The summed E-state index contributed by atoms with van der Waals surface area (Å²) in [7, 11) is -2.25. The molecule has 2 rings (SSSR count). The van der Waals surface area contributed by atoms with Crippen LogP contribution in [-0.4, -0.2) is 30.8 Å². The van der Waals surface area contributed by atoms with E-state index in [1.54, 1.807) is 32.9 Å². The lowest BCUT2D eigenvalue weighted by molar-refractivity contribution is 0.401. The molecule has 132 valence electrons. The Hall–Kier alpha value is -1.86. The SMILES string of the molecule is COc1ccc(-c2ccn(C(C)C)n2)cc1S(=O)(=O)NC(C)(C)C. The number of methoxy groups -OCH3 is 1. The quantitative estimate of drug-likeness (QED) is 0.898. The monoisotopic (exact) mass is 351 g/mol. The standard InChI is InChI=1S/C17H25N3O3S/c1-12(2)20-10-9-14(18-20)13-7-8-15(23-6)16(11-13)24(21,22)19-17(3,4)5/h7-12,19H,1-6H3. The molecule has 1 N–H and O–H groups in total. The molecule has 0 unspecified atom stereocenters. The molecule has 1 aromatic heterocycles. The molecule has 2 aromatic rings. The van der Waals surface area contributed by atoms with Crippen LogP contribution in [0.1, 0.15) is 40.7 Å². The number of benzene rings is 1. The molecule has 0 saturated heterocycles. The zero-order chi connectivity index (χ0) is 18.1. The summed E-state index contributed by atoms with van der Waals surface area (Å²) in [6.45, 7) is 9.46. The minimum Gasteiger partial charge on any atom is -0.495 e. The van der Waals surface area contributed by atoms with Crippen LogP contribution in [-0.2, 0) is 10.0 Å². The molecule has 0 saturated carbocycles. The predicted octanol–water partition coefficient (Wildman–Crippen LogP) is 3.22. The van der Waals surface area contributed by atoms with Crippen LogP contribution in [0.5, 0.6) is 5.75 Å². The Bertz CT molecular complexity index is 818. The first kappa shape index (κ1) is 18.5. The van der Waals surface area contributed by atoms with Gasteiger partial charge in [0, 0.05) is 23.3 Å². The third-order valence-corrected chi connectivity index (χ3v) is 5.11. The van der Waals surface area contributed by atoms with Crippen molar-refractivity contribution in [2.75, 3.05) is 7.11 Å². The van der Waals surface area contributed by atoms with Crippen molar-refractivity contribution in [3.63, 3.8) is 0 Å². The minimum atomic E-state index is -3.71. The van der Waals surface area contributed by atoms with Crippen LogP contribution >= 0.6 is 0 Å². The second-order valence-electron chi connectivity index (χ2n) is 7.00. The van der Waals surface area contributed by atoms with Crippen LogP contribution < -0.4 is 9.46 Å². The molecular formula is C17H25N3O3S. The third-order valence-electron chi connectivity index (χ3n) is 3.33. The van der Waals surface area contributed by atoms with Gasteiger partial charge in [-0.2, -0.15) is 5.10 Å². The Morgan fingerprint density at radius 3 is 2.38 bits per heavy atom. The van der Waals surface area contributed by atoms with Gasteiger partial charge in [0.05, 0.1) is 12.8 Å². The molecule has 0 atom stereocenters. The largest absolute Gasteiger partial charge is 0.495 e. The van der Waals surface area contributed by atoms with Crippen molar-refractivity contribution >= 4 is 10.0 Å². The average molecular weight is 351 g/mol. The van der Waals surface area contributed by atoms with E-state index < -0.39 is 15.6 Å². The first-order valence-corrected chi connectivity index (χ1v) is 9.29. The molecule has 24 heavy (non-hydrogen) atoms. The number of hydrogen-bond acceptors (Lipinski definition) is 4. The van der Waals surface area contributed by atoms with E-state index in [2.05, 4.69) is 9.82 Å². The molecule has 6 nitrogen and oxygen atoms in total. The molecule has 1 heterocycles. The van der Waals surface area contributed by atoms with Crippen molar-refractivity contribution in [3.8, 4) is 17.0 Å². The van der Waals surface area contributed by atoms with Gasteiger partial charge < -0.3 is 4.74 Å². The topological polar surface area (TPSA) is 73.2 Å². The number of ether oxygens (including phenoxy) is 1. The van der Waals surface area contributed by atoms with Gasteiger partial charge in [0.2, 0.25) is 10.0 Å². The van der Waals surface area contributed by atoms with Gasteiger partial charge in [-0.05, 0) is 58.9 Å². The van der Waals surface area contributed by atoms with E-state index in [4.69, 9.17) is 4.74 Å². The van der Waals surface area contributed by atoms with Gasteiger partial charge in [-0.15, -0.1) is 0 Å². The summed E-state index contributed by atoms with van der Waals surface area (Å²) in [6, 6.07) is 7.17. The first-order valence-electron chi connectivity index (χ1n) is 7.81. The summed E-state index contributed by atoms with van der Waals surface area (Å²) < 4.78 is 35.1. The summed E-state index contributed by atoms with van der Waals surface area (Å²) in [5.41, 5.74) is 0.863. The van der Waals surface area contributed by atoms with Crippen molar-refractivity contribution in [3.05, 3.63) is 30.5 Å². The molecule has 0 aliphatic rings. The average Bonchev–Trinajstić information content (AvgIpc) is 2.94. The van der Waals surface area contributed by atoms with E-state index in [0.29, 0.717) is 5.75 Å². The maximum atomic E-state index is 12.7. The van der Waals surface area contributed by atoms with E-state index in [-0.39, 0.29) is 10.9 Å². The number of aromatic nitrogens is 2. The number of sulfonamides is 1. The van der Waals surface area contributed by atoms with E-state index in [1.165, 1.54) is 7.11 Å². The smallest absolute Gasteiger partial charge is 0.244 e. The Morgan fingerprint density at radius 2 is 1.88 bits per heavy atom. The molecular weight excluding hydrogens is 326 g/mol. The number of nitrogens with zero attached hydrogens (tertiary/aromatic N) is 2. The van der Waals surface area contributed by atoms with E-state index in [1.807, 2.05) is 36.9 Å². The molecule has 0 radical (unpaired) electrons. The molecule has 0 aliphatic carbocycles. The normalized spacial score (nSPS) is 12.6. The van der Waals surface area contributed by atoms with Crippen molar-refractivity contribution in [2.24, 2.45) is 0 Å². The lowest BCUT2D eigenvalue weighted by Gasteiger charge is -2.21. The van der Waals surface area contributed by atoms with Crippen molar-refractivity contribution < 1.29 is 13.2 Å². The highest BCUT2D eigenvalue weighted by Crippen LogP contribution is 2.30. The fraction of sp³-hybridized carbons (Fsp3) is 0.471. The highest BCUT2D eigenvalue weighted by molar-refractivity contribution is 7.89. The minimum absolute atomic E-state index is 0.108. The highest BCUT2D eigenvalue weighted by atomic mass is 32.2. The predicted molar refractivity (Wildman–Crippen MR) is 94.7 cm³/mol. The van der Waals surface area contributed by atoms with Crippen molar-refractivity contribution in [1.82, 2.24) is 14.5 Å². The van der Waals surface area contributed by atoms with Crippen LogP contribution in [0.2, 0.25) is 0 Å². The molecule has 0 aliphatic heterocycles. The lowest BCUT2D eigenvalue weighted by Crippen LogP contribution is -2.40. The Labute approximate surface area is 143 Å². The van der Waals surface area contributed by atoms with Gasteiger partial charge in [0.1, 0.15) is 10.6 Å². The Balaban J connectivity index is 2.51. The van der Waals surface area contributed by atoms with E-state index in [9.17, 15) is 8.42 Å². The fourth-order valence-corrected chi connectivity index (χ4v) is 3.90. The van der Waals surface area contributed by atoms with Gasteiger partial charge >= 0.3 is 0 Å². The first-order chi connectivity index (χ1) is 11.0. The Kier molecular flexibility index (Phi) is 5.05.